The Morgan fingerprint density at radius 2 is 1.84 bits per heavy atom. The van der Waals surface area contributed by atoms with E-state index in [1.807, 2.05) is 0 Å². The molecular formula is C17H11FN2O4S. The average Bonchev–Trinajstić information content (AvgIpc) is 3.05. The molecular weight excluding hydrogens is 347 g/mol. The molecule has 2 aromatic carbocycles. The van der Waals surface area contributed by atoms with Crippen LogP contribution in [0.15, 0.2) is 47.8 Å². The molecule has 0 saturated carbocycles. The van der Waals surface area contributed by atoms with Crippen LogP contribution in [0.2, 0.25) is 0 Å². The molecule has 1 amide bonds. The predicted molar refractivity (Wildman–Crippen MR) is 90.5 cm³/mol. The van der Waals surface area contributed by atoms with Crippen molar-refractivity contribution >= 4 is 28.3 Å². The number of rotatable bonds is 4. The summed E-state index contributed by atoms with van der Waals surface area (Å²) in [5.41, 5.74) is 0.367. The highest BCUT2D eigenvalue weighted by Crippen LogP contribution is 2.32. The smallest absolute Gasteiger partial charge is 0.336 e. The minimum atomic E-state index is -1.21. The van der Waals surface area contributed by atoms with Crippen molar-refractivity contribution in [2.45, 2.75) is 0 Å². The van der Waals surface area contributed by atoms with Gasteiger partial charge in [-0.3, -0.25) is 10.1 Å². The summed E-state index contributed by atoms with van der Waals surface area (Å²) in [6.45, 7) is 0. The van der Waals surface area contributed by atoms with E-state index in [-0.39, 0.29) is 27.6 Å². The van der Waals surface area contributed by atoms with Gasteiger partial charge in [-0.2, -0.15) is 0 Å². The lowest BCUT2D eigenvalue weighted by Crippen LogP contribution is -2.16. The fourth-order valence-corrected chi connectivity index (χ4v) is 2.91. The van der Waals surface area contributed by atoms with Gasteiger partial charge in [0.15, 0.2) is 5.13 Å². The first kappa shape index (κ1) is 16.6. The zero-order valence-corrected chi connectivity index (χ0v) is 13.4. The van der Waals surface area contributed by atoms with E-state index >= 15 is 0 Å². The maximum absolute atomic E-state index is 13.3. The number of phenolic OH excluding ortho intramolecular Hbond substituents is 1. The number of nitrogens with zero attached hydrogens (tertiary/aromatic N) is 1. The van der Waals surface area contributed by atoms with Crippen LogP contribution in [0.4, 0.5) is 9.52 Å². The number of aromatic carboxylic acids is 1. The SMILES string of the molecule is O=C(O)c1ccccc1C(=O)Nc1nc(-c2cc(F)ccc2O)cs1. The number of carboxylic acid groups (broad SMARTS) is 1. The molecule has 1 aromatic heterocycles. The number of carbonyl (C=O) groups excluding carboxylic acids is 1. The van der Waals surface area contributed by atoms with Crippen LogP contribution in [-0.2, 0) is 0 Å². The number of nitrogens with one attached hydrogen (secondary N) is 1. The number of phenols is 1. The number of amides is 1. The zero-order chi connectivity index (χ0) is 18.0. The fraction of sp³-hybridized carbons (Fsp3) is 0. The van der Waals surface area contributed by atoms with Gasteiger partial charge in [0.25, 0.3) is 5.91 Å². The Morgan fingerprint density at radius 3 is 2.56 bits per heavy atom. The molecule has 0 radical (unpaired) electrons. The number of halogens is 1. The summed E-state index contributed by atoms with van der Waals surface area (Å²) in [4.78, 5) is 27.6. The van der Waals surface area contributed by atoms with Gasteiger partial charge in [-0.25, -0.2) is 14.2 Å². The number of hydrogen-bond acceptors (Lipinski definition) is 5. The number of aromatic hydroxyl groups is 1. The Kier molecular flexibility index (Phi) is 4.44. The molecule has 0 aliphatic rings. The lowest BCUT2D eigenvalue weighted by atomic mass is 10.1. The highest BCUT2D eigenvalue weighted by molar-refractivity contribution is 7.14. The normalized spacial score (nSPS) is 10.4. The molecule has 0 atom stereocenters. The van der Waals surface area contributed by atoms with Gasteiger partial charge in [-0.1, -0.05) is 12.1 Å². The molecule has 0 aliphatic heterocycles. The van der Waals surface area contributed by atoms with E-state index in [0.717, 1.165) is 23.5 Å². The van der Waals surface area contributed by atoms with Crippen molar-refractivity contribution in [3.8, 4) is 17.0 Å². The van der Waals surface area contributed by atoms with Gasteiger partial charge < -0.3 is 10.2 Å². The second-order valence-electron chi connectivity index (χ2n) is 5.00. The molecule has 0 bridgehead atoms. The minimum Gasteiger partial charge on any atom is -0.507 e. The number of benzene rings is 2. The summed E-state index contributed by atoms with van der Waals surface area (Å²) in [6.07, 6.45) is 0. The third kappa shape index (κ3) is 3.48. The lowest BCUT2D eigenvalue weighted by Gasteiger charge is -2.05. The summed E-state index contributed by atoms with van der Waals surface area (Å²) >= 11 is 1.07. The van der Waals surface area contributed by atoms with Crippen molar-refractivity contribution < 1.29 is 24.2 Å². The van der Waals surface area contributed by atoms with Crippen molar-refractivity contribution in [3.05, 3.63) is 64.8 Å². The summed E-state index contributed by atoms with van der Waals surface area (Å²) in [5.74, 6) is -2.50. The molecule has 8 heteroatoms. The standard InChI is InChI=1S/C17H11FN2O4S/c18-9-5-6-14(21)12(7-9)13-8-25-17(19-13)20-15(22)10-3-1-2-4-11(10)16(23)24/h1-8,21H,(H,23,24)(H,19,20,22). The van der Waals surface area contributed by atoms with E-state index in [0.29, 0.717) is 5.69 Å². The van der Waals surface area contributed by atoms with Crippen molar-refractivity contribution in [2.24, 2.45) is 0 Å². The molecule has 0 spiro atoms. The van der Waals surface area contributed by atoms with Crippen molar-refractivity contribution in [1.29, 1.82) is 0 Å². The molecule has 0 saturated heterocycles. The van der Waals surface area contributed by atoms with E-state index in [2.05, 4.69) is 10.3 Å². The minimum absolute atomic E-state index is 0.000327. The van der Waals surface area contributed by atoms with Gasteiger partial charge in [0.05, 0.1) is 16.8 Å². The Labute approximate surface area is 145 Å². The van der Waals surface area contributed by atoms with Gasteiger partial charge in [0.2, 0.25) is 0 Å². The molecule has 3 rings (SSSR count). The third-order valence-corrected chi connectivity index (χ3v) is 4.12. The number of hydrogen-bond donors (Lipinski definition) is 3. The van der Waals surface area contributed by atoms with Crippen LogP contribution >= 0.6 is 11.3 Å². The highest BCUT2D eigenvalue weighted by Gasteiger charge is 2.17. The largest absolute Gasteiger partial charge is 0.507 e. The van der Waals surface area contributed by atoms with Crippen LogP contribution in [-0.4, -0.2) is 27.1 Å². The monoisotopic (exact) mass is 358 g/mol. The molecule has 0 fully saturated rings. The van der Waals surface area contributed by atoms with Crippen LogP contribution < -0.4 is 5.32 Å². The maximum Gasteiger partial charge on any atom is 0.336 e. The second-order valence-corrected chi connectivity index (χ2v) is 5.86. The van der Waals surface area contributed by atoms with Gasteiger partial charge in [-0.05, 0) is 30.3 Å². The molecule has 25 heavy (non-hydrogen) atoms. The molecule has 3 N–H and O–H groups in total. The maximum atomic E-state index is 13.3. The lowest BCUT2D eigenvalue weighted by molar-refractivity contribution is 0.0692. The Morgan fingerprint density at radius 1 is 1.12 bits per heavy atom. The molecule has 0 unspecified atom stereocenters. The second kappa shape index (κ2) is 6.70. The number of anilines is 1. The first-order valence-electron chi connectivity index (χ1n) is 7.04. The van der Waals surface area contributed by atoms with Crippen molar-refractivity contribution in [2.75, 3.05) is 5.32 Å². The van der Waals surface area contributed by atoms with Crippen LogP contribution in [0.5, 0.6) is 5.75 Å². The number of aromatic nitrogens is 1. The molecule has 1 heterocycles. The van der Waals surface area contributed by atoms with E-state index in [1.54, 1.807) is 11.4 Å². The van der Waals surface area contributed by atoms with Crippen LogP contribution in [0.25, 0.3) is 11.3 Å². The highest BCUT2D eigenvalue weighted by atomic mass is 32.1. The van der Waals surface area contributed by atoms with E-state index in [9.17, 15) is 19.1 Å². The van der Waals surface area contributed by atoms with E-state index < -0.39 is 17.7 Å². The number of thiazole rings is 1. The molecule has 3 aromatic rings. The topological polar surface area (TPSA) is 99.5 Å². The van der Waals surface area contributed by atoms with Crippen molar-refractivity contribution in [3.63, 3.8) is 0 Å². The third-order valence-electron chi connectivity index (χ3n) is 3.36. The summed E-state index contributed by atoms with van der Waals surface area (Å²) in [6, 6.07) is 9.27. The number of carbonyl (C=O) groups is 2. The van der Waals surface area contributed by atoms with Crippen LogP contribution in [0, 0.1) is 5.82 Å². The fourth-order valence-electron chi connectivity index (χ4n) is 2.20. The Bertz CT molecular complexity index is 971. The molecule has 0 aliphatic carbocycles. The summed E-state index contributed by atoms with van der Waals surface area (Å²) in [7, 11) is 0. The molecule has 6 nitrogen and oxygen atoms in total. The first-order valence-corrected chi connectivity index (χ1v) is 7.92. The van der Waals surface area contributed by atoms with Gasteiger partial charge in [0, 0.05) is 10.9 Å². The van der Waals surface area contributed by atoms with Crippen LogP contribution in [0.3, 0.4) is 0 Å². The quantitative estimate of drug-likeness (QED) is 0.662. The summed E-state index contributed by atoms with van der Waals surface area (Å²) in [5, 5.41) is 23.2. The van der Waals surface area contributed by atoms with Crippen molar-refractivity contribution in [1.82, 2.24) is 4.98 Å². The van der Waals surface area contributed by atoms with E-state index in [4.69, 9.17) is 5.11 Å². The predicted octanol–water partition coefficient (Wildman–Crippen LogP) is 3.61. The zero-order valence-electron chi connectivity index (χ0n) is 12.6. The summed E-state index contributed by atoms with van der Waals surface area (Å²) < 4.78 is 13.3. The van der Waals surface area contributed by atoms with Gasteiger partial charge in [-0.15, -0.1) is 11.3 Å². The Hall–Kier alpha value is -3.26. The first-order chi connectivity index (χ1) is 12.0. The molecule has 126 valence electrons. The van der Waals surface area contributed by atoms with Gasteiger partial charge in [0.1, 0.15) is 11.6 Å². The Balaban J connectivity index is 1.86. The van der Waals surface area contributed by atoms with Crippen LogP contribution in [0.1, 0.15) is 20.7 Å². The van der Waals surface area contributed by atoms with Gasteiger partial charge >= 0.3 is 5.97 Å². The number of carboxylic acids is 1. The van der Waals surface area contributed by atoms with E-state index in [1.165, 1.54) is 24.3 Å². The average molecular weight is 358 g/mol.